The number of hydrogen-bond donors (Lipinski definition) is 0. The minimum atomic E-state index is -0.465. The van der Waals surface area contributed by atoms with Gasteiger partial charge in [-0.3, -0.25) is 0 Å². The molecule has 0 aliphatic carbocycles. The van der Waals surface area contributed by atoms with Gasteiger partial charge in [-0.2, -0.15) is 0 Å². The maximum absolute atomic E-state index is 5.71. The van der Waals surface area contributed by atoms with Crippen LogP contribution in [0.25, 0.3) is 0 Å². The fourth-order valence-corrected chi connectivity index (χ4v) is 2.94. The average molecular weight is 289 g/mol. The van der Waals surface area contributed by atoms with Gasteiger partial charge in [0.1, 0.15) is 0 Å². The van der Waals surface area contributed by atoms with Crippen LogP contribution < -0.4 is 0 Å². The van der Waals surface area contributed by atoms with Gasteiger partial charge in [-0.05, 0) is 0 Å². The van der Waals surface area contributed by atoms with Crippen molar-refractivity contribution < 1.29 is 34.2 Å². The zero-order valence-corrected chi connectivity index (χ0v) is 12.5. The van der Waals surface area contributed by atoms with Crippen LogP contribution in [0.5, 0.6) is 0 Å². The molecule has 0 N–H and O–H groups in total. The molecule has 0 aromatic carbocycles. The first-order valence-electron chi connectivity index (χ1n) is 5.08. The summed E-state index contributed by atoms with van der Waals surface area (Å²) >= 11 is 1.23. The second-order valence-corrected chi connectivity index (χ2v) is 6.56. The monoisotopic (exact) mass is 287 g/mol. The zero-order chi connectivity index (χ0) is 11.9. The number of hydrogen-bond acceptors (Lipinski definition) is 2. The summed E-state index contributed by atoms with van der Waals surface area (Å²) in [5.41, 5.74) is 0.186. The topological polar surface area (TPSA) is 18.5 Å². The molecule has 0 rings (SSSR count). The van der Waals surface area contributed by atoms with E-state index in [-0.39, 0.29) is 5.41 Å². The molecule has 0 aliphatic heterocycles. The van der Waals surface area contributed by atoms with Crippen LogP contribution in [0.15, 0.2) is 25.3 Å². The van der Waals surface area contributed by atoms with E-state index in [1.165, 1.54) is 24.7 Å². The fraction of sp³-hybridized carbons (Fsp3) is 0.667. The van der Waals surface area contributed by atoms with Gasteiger partial charge in [-0.15, -0.1) is 0 Å². The molecular formula is C12H21O2Zr. The van der Waals surface area contributed by atoms with E-state index in [1.807, 2.05) is 0 Å². The van der Waals surface area contributed by atoms with E-state index >= 15 is 0 Å². The van der Waals surface area contributed by atoms with Gasteiger partial charge in [0.05, 0.1) is 0 Å². The average Bonchev–Trinajstić information content (AvgIpc) is 2.09. The van der Waals surface area contributed by atoms with Crippen molar-refractivity contribution in [2.24, 2.45) is 5.41 Å². The molecule has 2 nitrogen and oxygen atoms in total. The Labute approximate surface area is 109 Å². The van der Waals surface area contributed by atoms with Crippen LogP contribution in [0, 0.1) is 5.41 Å². The van der Waals surface area contributed by atoms with Crippen molar-refractivity contribution in [2.75, 3.05) is 13.2 Å². The van der Waals surface area contributed by atoms with E-state index < -0.39 is 3.50 Å². The molecule has 0 amide bonds. The van der Waals surface area contributed by atoms with E-state index in [2.05, 4.69) is 33.9 Å². The molecule has 0 bridgehead atoms. The van der Waals surface area contributed by atoms with Crippen LogP contribution >= 0.6 is 0 Å². The summed E-state index contributed by atoms with van der Waals surface area (Å²) in [6.45, 7) is 14.9. The molecule has 0 aliphatic rings. The van der Waals surface area contributed by atoms with Gasteiger partial charge in [0.15, 0.2) is 0 Å². The Bertz CT molecular complexity index is 194. The summed E-state index contributed by atoms with van der Waals surface area (Å²) in [4.78, 5) is 0. The fourth-order valence-electron chi connectivity index (χ4n) is 1.23. The van der Waals surface area contributed by atoms with Crippen LogP contribution in [0.3, 0.4) is 0 Å². The quantitative estimate of drug-likeness (QED) is 0.529. The van der Waals surface area contributed by atoms with Crippen molar-refractivity contribution in [3.63, 3.8) is 0 Å². The summed E-state index contributed by atoms with van der Waals surface area (Å²) in [6.07, 6.45) is 4.37. The summed E-state index contributed by atoms with van der Waals surface area (Å²) in [5, 5.41) is 0. The minimum absolute atomic E-state index is 0.186. The molecule has 15 heavy (non-hydrogen) atoms. The van der Waals surface area contributed by atoms with E-state index in [4.69, 9.17) is 9.47 Å². The molecule has 0 spiro atoms. The van der Waals surface area contributed by atoms with Gasteiger partial charge >= 0.3 is 109 Å². The Morgan fingerprint density at radius 3 is 1.73 bits per heavy atom. The molecule has 0 atom stereocenters. The zero-order valence-electron chi connectivity index (χ0n) is 10.0. The third-order valence-electron chi connectivity index (χ3n) is 1.63. The summed E-state index contributed by atoms with van der Waals surface area (Å²) in [7, 11) is 0. The van der Waals surface area contributed by atoms with Crippen molar-refractivity contribution >= 4 is 0 Å². The van der Waals surface area contributed by atoms with E-state index in [9.17, 15) is 0 Å². The predicted octanol–water partition coefficient (Wildman–Crippen LogP) is 3.03. The summed E-state index contributed by atoms with van der Waals surface area (Å²) < 4.78 is 11.0. The molecule has 85 valence electrons. The second kappa shape index (κ2) is 6.78. The van der Waals surface area contributed by atoms with Gasteiger partial charge in [-0.25, -0.2) is 0 Å². The van der Waals surface area contributed by atoms with Crippen LogP contribution in [0.2, 0.25) is 0 Å². The second-order valence-electron chi connectivity index (χ2n) is 4.69. The van der Waals surface area contributed by atoms with Crippen molar-refractivity contribution in [3.05, 3.63) is 25.3 Å². The predicted molar refractivity (Wildman–Crippen MR) is 59.1 cm³/mol. The Balaban J connectivity index is 4.38. The van der Waals surface area contributed by atoms with Gasteiger partial charge in [-0.1, -0.05) is 0 Å². The van der Waals surface area contributed by atoms with Crippen LogP contribution in [-0.2, 0) is 34.2 Å². The van der Waals surface area contributed by atoms with E-state index in [0.29, 0.717) is 13.2 Å². The Morgan fingerprint density at radius 1 is 1.07 bits per heavy atom. The van der Waals surface area contributed by atoms with Gasteiger partial charge in [0.2, 0.25) is 0 Å². The van der Waals surface area contributed by atoms with Gasteiger partial charge in [0, 0.05) is 0 Å². The molecule has 0 saturated heterocycles. The number of rotatable bonds is 7. The normalized spacial score (nSPS) is 12.4. The first kappa shape index (κ1) is 15.3. The number of ether oxygens (including phenoxy) is 2. The molecule has 0 fully saturated rings. The third kappa shape index (κ3) is 8.13. The molecule has 0 radical (unpaired) electrons. The molecule has 0 saturated carbocycles. The van der Waals surface area contributed by atoms with Crippen LogP contribution in [0.4, 0.5) is 0 Å². The van der Waals surface area contributed by atoms with Gasteiger partial charge < -0.3 is 0 Å². The first-order chi connectivity index (χ1) is 6.83. The standard InChI is InChI=1S/C12H21O2.Zr/c1-6-8-13-11(14-9-7-2)10-12(3,4)5;/h6-7H,1-2,8-10H2,3-5H3;. The van der Waals surface area contributed by atoms with E-state index in [0.717, 1.165) is 6.42 Å². The van der Waals surface area contributed by atoms with Crippen molar-refractivity contribution in [3.8, 4) is 0 Å². The Morgan fingerprint density at radius 2 is 1.47 bits per heavy atom. The molecule has 0 aromatic rings. The van der Waals surface area contributed by atoms with Crippen LogP contribution in [0.1, 0.15) is 27.2 Å². The SMILES string of the molecule is C=CCO[C]([Zr])(CC(C)(C)C)OCC=C. The maximum atomic E-state index is 5.71. The van der Waals surface area contributed by atoms with Crippen molar-refractivity contribution in [2.45, 2.75) is 30.7 Å². The molecule has 0 unspecified atom stereocenters. The Kier molecular flexibility index (Phi) is 6.91. The molecular weight excluding hydrogens is 267 g/mol. The summed E-state index contributed by atoms with van der Waals surface area (Å²) in [5.74, 6) is 0. The first-order valence-corrected chi connectivity index (χ1v) is 6.30. The van der Waals surface area contributed by atoms with Crippen molar-refractivity contribution in [1.82, 2.24) is 0 Å². The van der Waals surface area contributed by atoms with Crippen molar-refractivity contribution in [1.29, 1.82) is 0 Å². The van der Waals surface area contributed by atoms with Crippen LogP contribution in [-0.4, -0.2) is 16.7 Å². The molecule has 0 heterocycles. The molecule has 3 heteroatoms. The molecule has 0 aromatic heterocycles. The summed E-state index contributed by atoms with van der Waals surface area (Å²) in [6, 6.07) is 0. The third-order valence-corrected chi connectivity index (χ3v) is 2.78. The van der Waals surface area contributed by atoms with E-state index in [1.54, 1.807) is 12.2 Å². The van der Waals surface area contributed by atoms with Gasteiger partial charge in [0.25, 0.3) is 0 Å². The Hall–Kier alpha value is 0.283.